The summed E-state index contributed by atoms with van der Waals surface area (Å²) in [5.74, 6) is -1.10. The fourth-order valence-electron chi connectivity index (χ4n) is 1.24. The van der Waals surface area contributed by atoms with Crippen LogP contribution in [0.4, 0.5) is 0 Å². The van der Waals surface area contributed by atoms with Crippen molar-refractivity contribution in [1.82, 2.24) is 0 Å². The van der Waals surface area contributed by atoms with E-state index < -0.39 is 5.97 Å². The molecule has 2 nitrogen and oxygen atoms in total. The minimum absolute atomic E-state index is 0. The molecule has 1 rings (SSSR count). The normalized spacial score (nSPS) is 10.6. The van der Waals surface area contributed by atoms with E-state index in [1.807, 2.05) is 37.3 Å². The van der Waals surface area contributed by atoms with E-state index in [1.165, 1.54) is 0 Å². The summed E-state index contributed by atoms with van der Waals surface area (Å²) in [6, 6.07) is 9.31. The summed E-state index contributed by atoms with van der Waals surface area (Å²) in [4.78, 5) is 10.7. The molecule has 0 radical (unpaired) electrons. The second kappa shape index (κ2) is 8.18. The van der Waals surface area contributed by atoms with Crippen LogP contribution in [0.2, 0.25) is 0 Å². The van der Waals surface area contributed by atoms with Crippen molar-refractivity contribution in [2.45, 2.75) is 19.3 Å². The third-order valence-corrected chi connectivity index (χ3v) is 1.91. The molecular weight excluding hydrogens is 366 g/mol. The molecule has 0 spiro atoms. The van der Waals surface area contributed by atoms with Crippen molar-refractivity contribution >= 4 is 18.4 Å². The van der Waals surface area contributed by atoms with Gasteiger partial charge in [0.15, 0.2) is 0 Å². The quantitative estimate of drug-likeness (QED) is 0.821. The zero-order chi connectivity index (χ0) is 8.97. The molecule has 0 bridgehead atoms. The van der Waals surface area contributed by atoms with Gasteiger partial charge in [0.2, 0.25) is 0 Å². The van der Waals surface area contributed by atoms with E-state index in [9.17, 15) is 4.79 Å². The van der Waals surface area contributed by atoms with Crippen molar-refractivity contribution in [3.63, 3.8) is 0 Å². The Morgan fingerprint density at radius 3 is 2.21 bits per heavy atom. The fourth-order valence-corrected chi connectivity index (χ4v) is 1.24. The molecule has 0 aliphatic carbocycles. The average Bonchev–Trinajstić information content (AvgIpc) is 2.07. The van der Waals surface area contributed by atoms with Crippen LogP contribution in [0.15, 0.2) is 30.3 Å². The first-order valence-electron chi connectivity index (χ1n) is 4.03. The number of halogens is 1. The molecule has 1 atom stereocenters. The zero-order valence-corrected chi connectivity index (χ0v) is 12.3. The smallest absolute Gasteiger partial charge is 0.310 e. The second-order valence-electron chi connectivity index (χ2n) is 2.71. The van der Waals surface area contributed by atoms with Gasteiger partial charge in [0, 0.05) is 25.8 Å². The van der Waals surface area contributed by atoms with Crippen LogP contribution in [0.25, 0.3) is 0 Å². The molecule has 1 aromatic rings. The molecule has 0 aromatic heterocycles. The van der Waals surface area contributed by atoms with Crippen molar-refractivity contribution in [1.29, 1.82) is 0 Å². The predicted molar refractivity (Wildman–Crippen MR) is 54.4 cm³/mol. The van der Waals surface area contributed by atoms with E-state index in [0.717, 1.165) is 5.56 Å². The number of aliphatic carboxylic acids is 1. The Labute approximate surface area is 109 Å². The number of hydrogen-bond donors (Lipinski definition) is 1. The SMILES string of the molecule is CCC(C(=O)O)c1ccccc1.Cl.[Hf]. The average molecular weight is 379 g/mol. The van der Waals surface area contributed by atoms with Gasteiger partial charge >= 0.3 is 5.97 Å². The van der Waals surface area contributed by atoms with Gasteiger partial charge < -0.3 is 5.11 Å². The Hall–Kier alpha value is -0.150. The molecule has 14 heavy (non-hydrogen) atoms. The first kappa shape index (κ1) is 16.3. The standard InChI is InChI=1S/C10H12O2.ClH.Hf/c1-2-9(10(11)12)8-6-4-3-5-7-8;;/h3-7,9H,2H2,1H3,(H,11,12);1H;. The van der Waals surface area contributed by atoms with Crippen LogP contribution in [-0.2, 0) is 30.6 Å². The van der Waals surface area contributed by atoms with Gasteiger partial charge in [-0.25, -0.2) is 0 Å². The predicted octanol–water partition coefficient (Wildman–Crippen LogP) is 2.68. The van der Waals surface area contributed by atoms with Crippen molar-refractivity contribution in [3.05, 3.63) is 35.9 Å². The molecule has 4 heteroatoms. The summed E-state index contributed by atoms with van der Waals surface area (Å²) in [5, 5.41) is 8.83. The second-order valence-corrected chi connectivity index (χ2v) is 2.71. The van der Waals surface area contributed by atoms with E-state index in [0.29, 0.717) is 6.42 Å². The molecule has 1 unspecified atom stereocenters. The maximum absolute atomic E-state index is 10.7. The van der Waals surface area contributed by atoms with E-state index in [4.69, 9.17) is 5.11 Å². The van der Waals surface area contributed by atoms with Gasteiger partial charge in [-0.15, -0.1) is 12.4 Å². The van der Waals surface area contributed by atoms with Crippen LogP contribution in [0, 0.1) is 0 Å². The third kappa shape index (κ3) is 4.38. The van der Waals surface area contributed by atoms with Gasteiger partial charge in [-0.2, -0.15) is 0 Å². The molecule has 76 valence electrons. The van der Waals surface area contributed by atoms with Crippen LogP contribution in [-0.4, -0.2) is 11.1 Å². The third-order valence-electron chi connectivity index (χ3n) is 1.91. The van der Waals surface area contributed by atoms with Gasteiger partial charge in [0.1, 0.15) is 0 Å². The monoisotopic (exact) mass is 380 g/mol. The van der Waals surface area contributed by atoms with Crippen LogP contribution in [0.1, 0.15) is 24.8 Å². The van der Waals surface area contributed by atoms with Crippen LogP contribution >= 0.6 is 12.4 Å². The summed E-state index contributed by atoms with van der Waals surface area (Å²) < 4.78 is 0. The summed E-state index contributed by atoms with van der Waals surface area (Å²) in [6.07, 6.45) is 0.638. The van der Waals surface area contributed by atoms with Gasteiger partial charge in [0.05, 0.1) is 5.92 Å². The van der Waals surface area contributed by atoms with E-state index in [-0.39, 0.29) is 44.2 Å². The minimum Gasteiger partial charge on any atom is -0.481 e. The van der Waals surface area contributed by atoms with Gasteiger partial charge in [-0.3, -0.25) is 4.79 Å². The van der Waals surface area contributed by atoms with Crippen molar-refractivity contribution < 1.29 is 35.7 Å². The van der Waals surface area contributed by atoms with Crippen LogP contribution in [0.5, 0.6) is 0 Å². The molecule has 1 N–H and O–H groups in total. The summed E-state index contributed by atoms with van der Waals surface area (Å²) in [5.41, 5.74) is 0.882. The summed E-state index contributed by atoms with van der Waals surface area (Å²) >= 11 is 0. The maximum atomic E-state index is 10.7. The number of rotatable bonds is 3. The van der Waals surface area contributed by atoms with Gasteiger partial charge in [-0.05, 0) is 12.0 Å². The number of carboxylic acids is 1. The molecule has 1 aromatic carbocycles. The number of carbonyl (C=O) groups is 1. The van der Waals surface area contributed by atoms with E-state index >= 15 is 0 Å². The summed E-state index contributed by atoms with van der Waals surface area (Å²) in [6.45, 7) is 1.88. The minimum atomic E-state index is -0.747. The molecular formula is C10H13ClHfO2. The number of hydrogen-bond acceptors (Lipinski definition) is 1. The number of benzene rings is 1. The van der Waals surface area contributed by atoms with Crippen molar-refractivity contribution in [2.24, 2.45) is 0 Å². The first-order valence-corrected chi connectivity index (χ1v) is 4.03. The Morgan fingerprint density at radius 1 is 1.36 bits per heavy atom. The van der Waals surface area contributed by atoms with Crippen molar-refractivity contribution in [3.8, 4) is 0 Å². The molecule has 0 aliphatic heterocycles. The summed E-state index contributed by atoms with van der Waals surface area (Å²) in [7, 11) is 0. The molecule has 0 heterocycles. The fraction of sp³-hybridized carbons (Fsp3) is 0.300. The molecule has 0 saturated heterocycles. The largest absolute Gasteiger partial charge is 0.481 e. The molecule has 0 saturated carbocycles. The van der Waals surface area contributed by atoms with E-state index in [1.54, 1.807) is 0 Å². The Kier molecular flexibility index (Phi) is 9.52. The molecule has 0 aliphatic rings. The topological polar surface area (TPSA) is 37.3 Å². The Balaban J connectivity index is 0. The molecule has 0 fully saturated rings. The molecule has 0 amide bonds. The first-order chi connectivity index (χ1) is 5.75. The van der Waals surface area contributed by atoms with Crippen LogP contribution in [0.3, 0.4) is 0 Å². The maximum Gasteiger partial charge on any atom is 0.310 e. The van der Waals surface area contributed by atoms with E-state index in [2.05, 4.69) is 0 Å². The van der Waals surface area contributed by atoms with Gasteiger partial charge in [0.25, 0.3) is 0 Å². The van der Waals surface area contributed by atoms with Crippen molar-refractivity contribution in [2.75, 3.05) is 0 Å². The van der Waals surface area contributed by atoms with Crippen LogP contribution < -0.4 is 0 Å². The Bertz CT molecular complexity index is 264. The zero-order valence-electron chi connectivity index (χ0n) is 7.93. The van der Waals surface area contributed by atoms with Gasteiger partial charge in [-0.1, -0.05) is 37.3 Å². The number of carboxylic acid groups (broad SMARTS) is 1. The Morgan fingerprint density at radius 2 is 1.86 bits per heavy atom.